The van der Waals surface area contributed by atoms with Gasteiger partial charge in [0, 0.05) is 17.5 Å². The van der Waals surface area contributed by atoms with Crippen LogP contribution in [0.15, 0.2) is 18.2 Å². The molecule has 2 N–H and O–H groups in total. The van der Waals surface area contributed by atoms with Crippen molar-refractivity contribution >= 4 is 17.4 Å². The van der Waals surface area contributed by atoms with E-state index in [0.29, 0.717) is 6.42 Å². The molecule has 1 atom stereocenters. The summed E-state index contributed by atoms with van der Waals surface area (Å²) in [7, 11) is 0. The minimum Gasteiger partial charge on any atom is -0.328 e. The quantitative estimate of drug-likeness (QED) is 0.807. The van der Waals surface area contributed by atoms with Crippen LogP contribution in [0.4, 0.5) is 4.39 Å². The van der Waals surface area contributed by atoms with Crippen LogP contribution in [0.1, 0.15) is 30.1 Å². The summed E-state index contributed by atoms with van der Waals surface area (Å²) >= 11 is 5.58. The first-order chi connectivity index (χ1) is 7.00. The molecule has 0 aliphatic heterocycles. The van der Waals surface area contributed by atoms with Crippen molar-refractivity contribution in [2.75, 3.05) is 0 Å². The maximum atomic E-state index is 13.3. The summed E-state index contributed by atoms with van der Waals surface area (Å²) in [5.74, 6) is -0.807. The summed E-state index contributed by atoms with van der Waals surface area (Å²) in [6.45, 7) is 1.81. The van der Waals surface area contributed by atoms with Gasteiger partial charge in [-0.2, -0.15) is 0 Å². The number of Topliss-reactive ketones (excluding diaryl/α,β-unsaturated/α-hetero) is 1. The Morgan fingerprint density at radius 1 is 1.60 bits per heavy atom. The number of hydrogen-bond acceptors (Lipinski definition) is 2. The molecule has 15 heavy (non-hydrogen) atoms. The molecule has 0 radical (unpaired) electrons. The smallest absolute Gasteiger partial charge is 0.165 e. The molecule has 82 valence electrons. The molecule has 1 unspecified atom stereocenters. The molecule has 1 rings (SSSR count). The molecule has 4 heteroatoms. The normalized spacial score (nSPS) is 12.5. The molecule has 1 aromatic carbocycles. The van der Waals surface area contributed by atoms with E-state index in [9.17, 15) is 9.18 Å². The Balaban J connectivity index is 2.74. The van der Waals surface area contributed by atoms with E-state index in [0.717, 1.165) is 6.07 Å². The van der Waals surface area contributed by atoms with Gasteiger partial charge in [0.1, 0.15) is 5.82 Å². The van der Waals surface area contributed by atoms with Crippen LogP contribution < -0.4 is 5.73 Å². The second-order valence-electron chi connectivity index (χ2n) is 3.56. The third kappa shape index (κ3) is 3.61. The Labute approximate surface area is 93.2 Å². The van der Waals surface area contributed by atoms with Gasteiger partial charge in [0.05, 0.1) is 5.56 Å². The van der Waals surface area contributed by atoms with Gasteiger partial charge in [0.2, 0.25) is 0 Å². The molecular weight excluding hydrogens is 217 g/mol. The average molecular weight is 230 g/mol. The van der Waals surface area contributed by atoms with Crippen LogP contribution in [-0.2, 0) is 0 Å². The molecule has 0 spiro atoms. The highest BCUT2D eigenvalue weighted by Gasteiger charge is 2.12. The Kier molecular flexibility index (Phi) is 4.24. The zero-order chi connectivity index (χ0) is 11.4. The van der Waals surface area contributed by atoms with E-state index < -0.39 is 5.82 Å². The van der Waals surface area contributed by atoms with Crippen molar-refractivity contribution in [3.05, 3.63) is 34.6 Å². The topological polar surface area (TPSA) is 43.1 Å². The zero-order valence-corrected chi connectivity index (χ0v) is 9.22. The van der Waals surface area contributed by atoms with Gasteiger partial charge in [-0.05, 0) is 31.5 Å². The molecule has 0 saturated carbocycles. The number of carbonyl (C=O) groups is 1. The van der Waals surface area contributed by atoms with Gasteiger partial charge in [-0.3, -0.25) is 4.79 Å². The first-order valence-corrected chi connectivity index (χ1v) is 5.12. The van der Waals surface area contributed by atoms with Gasteiger partial charge in [-0.25, -0.2) is 4.39 Å². The first kappa shape index (κ1) is 12.1. The van der Waals surface area contributed by atoms with Gasteiger partial charge in [0.25, 0.3) is 0 Å². The van der Waals surface area contributed by atoms with E-state index in [1.54, 1.807) is 0 Å². The summed E-state index contributed by atoms with van der Waals surface area (Å²) in [6.07, 6.45) is 0.817. The maximum absolute atomic E-state index is 13.3. The number of ketones is 1. The fourth-order valence-corrected chi connectivity index (χ4v) is 1.37. The van der Waals surface area contributed by atoms with E-state index >= 15 is 0 Å². The van der Waals surface area contributed by atoms with Gasteiger partial charge < -0.3 is 5.73 Å². The second-order valence-corrected chi connectivity index (χ2v) is 4.00. The van der Waals surface area contributed by atoms with Crippen LogP contribution in [-0.4, -0.2) is 11.8 Å². The summed E-state index contributed by atoms with van der Waals surface area (Å²) in [5, 5.41) is 0.288. The minimum absolute atomic E-state index is 0.0516. The Morgan fingerprint density at radius 3 is 2.80 bits per heavy atom. The zero-order valence-electron chi connectivity index (χ0n) is 8.47. The molecule has 0 amide bonds. The van der Waals surface area contributed by atoms with E-state index in [2.05, 4.69) is 0 Å². The highest BCUT2D eigenvalue weighted by atomic mass is 35.5. The molecule has 0 heterocycles. The van der Waals surface area contributed by atoms with Gasteiger partial charge in [0.15, 0.2) is 5.78 Å². The van der Waals surface area contributed by atoms with Crippen LogP contribution in [0, 0.1) is 5.82 Å². The van der Waals surface area contributed by atoms with Gasteiger partial charge >= 0.3 is 0 Å². The van der Waals surface area contributed by atoms with Gasteiger partial charge in [-0.15, -0.1) is 0 Å². The van der Waals surface area contributed by atoms with Crippen LogP contribution in [0.3, 0.4) is 0 Å². The SMILES string of the molecule is CC(N)CCC(=O)c1ccc(Cl)cc1F. The molecule has 0 aliphatic rings. The molecule has 0 aromatic heterocycles. The summed E-state index contributed by atoms with van der Waals surface area (Å²) in [5.41, 5.74) is 5.60. The van der Waals surface area contributed by atoms with Crippen molar-refractivity contribution in [2.45, 2.75) is 25.8 Å². The molecular formula is C11H13ClFNO. The van der Waals surface area contributed by atoms with Crippen molar-refractivity contribution < 1.29 is 9.18 Å². The number of nitrogens with two attached hydrogens (primary N) is 1. The van der Waals surface area contributed by atoms with E-state index in [1.807, 2.05) is 6.92 Å². The van der Waals surface area contributed by atoms with E-state index in [4.69, 9.17) is 17.3 Å². The number of carbonyl (C=O) groups excluding carboxylic acids is 1. The van der Waals surface area contributed by atoms with Crippen molar-refractivity contribution in [1.29, 1.82) is 0 Å². The minimum atomic E-state index is -0.572. The van der Waals surface area contributed by atoms with Crippen molar-refractivity contribution in [2.24, 2.45) is 5.73 Å². The van der Waals surface area contributed by atoms with E-state index in [-0.39, 0.29) is 28.8 Å². The summed E-state index contributed by atoms with van der Waals surface area (Å²) < 4.78 is 13.3. The van der Waals surface area contributed by atoms with Crippen molar-refractivity contribution in [3.63, 3.8) is 0 Å². The van der Waals surface area contributed by atoms with Crippen LogP contribution in [0.25, 0.3) is 0 Å². The molecule has 0 saturated heterocycles. The first-order valence-electron chi connectivity index (χ1n) is 4.74. The van der Waals surface area contributed by atoms with Crippen molar-refractivity contribution in [3.8, 4) is 0 Å². The van der Waals surface area contributed by atoms with Crippen LogP contribution in [0.2, 0.25) is 5.02 Å². The van der Waals surface area contributed by atoms with Crippen LogP contribution in [0.5, 0.6) is 0 Å². The lowest BCUT2D eigenvalue weighted by Gasteiger charge is -2.05. The molecule has 0 aliphatic carbocycles. The summed E-state index contributed by atoms with van der Waals surface area (Å²) in [6, 6.07) is 4.00. The lowest BCUT2D eigenvalue weighted by molar-refractivity contribution is 0.0974. The predicted molar refractivity (Wildman–Crippen MR) is 58.6 cm³/mol. The van der Waals surface area contributed by atoms with E-state index in [1.165, 1.54) is 12.1 Å². The largest absolute Gasteiger partial charge is 0.328 e. The Hall–Kier alpha value is -0.930. The third-order valence-corrected chi connectivity index (χ3v) is 2.29. The maximum Gasteiger partial charge on any atom is 0.165 e. The number of halogens is 2. The predicted octanol–water partition coefficient (Wildman–Crippen LogP) is 2.79. The fraction of sp³-hybridized carbons (Fsp3) is 0.364. The Bertz CT molecular complexity index is 366. The summed E-state index contributed by atoms with van der Waals surface area (Å²) in [4.78, 5) is 11.5. The number of rotatable bonds is 4. The molecule has 1 aromatic rings. The van der Waals surface area contributed by atoms with Crippen LogP contribution >= 0.6 is 11.6 Å². The standard InChI is InChI=1S/C11H13ClFNO/c1-7(14)2-5-11(15)9-4-3-8(12)6-10(9)13/h3-4,6-7H,2,5,14H2,1H3. The number of benzene rings is 1. The lowest BCUT2D eigenvalue weighted by atomic mass is 10.0. The Morgan fingerprint density at radius 2 is 2.27 bits per heavy atom. The monoisotopic (exact) mass is 229 g/mol. The third-order valence-electron chi connectivity index (χ3n) is 2.06. The molecule has 2 nitrogen and oxygen atoms in total. The lowest BCUT2D eigenvalue weighted by Crippen LogP contribution is -2.16. The average Bonchev–Trinajstić information content (AvgIpc) is 2.14. The van der Waals surface area contributed by atoms with Crippen molar-refractivity contribution in [1.82, 2.24) is 0 Å². The second kappa shape index (κ2) is 5.24. The molecule has 0 bridgehead atoms. The van der Waals surface area contributed by atoms with Gasteiger partial charge in [-0.1, -0.05) is 11.6 Å². The highest BCUT2D eigenvalue weighted by molar-refractivity contribution is 6.30. The highest BCUT2D eigenvalue weighted by Crippen LogP contribution is 2.16. The fourth-order valence-electron chi connectivity index (χ4n) is 1.21. The number of hydrogen-bond donors (Lipinski definition) is 1. The molecule has 0 fully saturated rings.